The van der Waals surface area contributed by atoms with Gasteiger partial charge in [0.2, 0.25) is 0 Å². The number of hydrogen-bond acceptors (Lipinski definition) is 4. The number of nitrogen functional groups attached to an aromatic ring is 1. The number of phenolic OH excluding ortho intramolecular Hbond substituents is 1. The van der Waals surface area contributed by atoms with E-state index in [9.17, 15) is 4.79 Å². The van der Waals surface area contributed by atoms with Gasteiger partial charge in [-0.05, 0) is 18.2 Å². The third-order valence-electron chi connectivity index (χ3n) is 1.55. The van der Waals surface area contributed by atoms with Gasteiger partial charge in [-0.3, -0.25) is 0 Å². The Labute approximate surface area is 81.3 Å². The van der Waals surface area contributed by atoms with Gasteiger partial charge in [0.05, 0.1) is 11.3 Å². The number of anilines is 1. The van der Waals surface area contributed by atoms with Crippen molar-refractivity contribution in [3.05, 3.63) is 23.8 Å². The first kappa shape index (κ1) is 9.93. The van der Waals surface area contributed by atoms with Gasteiger partial charge in [0.1, 0.15) is 5.75 Å². The van der Waals surface area contributed by atoms with Gasteiger partial charge in [0.25, 0.3) is 0 Å². The highest BCUT2D eigenvalue weighted by atomic mass is 16.5. The Morgan fingerprint density at radius 2 is 2.36 bits per heavy atom. The topological polar surface area (TPSA) is 72.5 Å². The normalized spacial score (nSPS) is 9.07. The van der Waals surface area contributed by atoms with Gasteiger partial charge in [-0.15, -0.1) is 6.42 Å². The summed E-state index contributed by atoms with van der Waals surface area (Å²) in [6.07, 6.45) is 4.92. The fourth-order valence-electron chi connectivity index (χ4n) is 0.872. The predicted molar refractivity (Wildman–Crippen MR) is 51.6 cm³/mol. The Balaban J connectivity index is 2.82. The summed E-state index contributed by atoms with van der Waals surface area (Å²) in [7, 11) is 0. The molecule has 0 radical (unpaired) electrons. The summed E-state index contributed by atoms with van der Waals surface area (Å²) in [5.41, 5.74) is 5.77. The second-order valence-corrected chi connectivity index (χ2v) is 2.55. The Hall–Kier alpha value is -2.15. The molecule has 1 rings (SSSR count). The molecule has 0 amide bonds. The number of esters is 1. The molecule has 72 valence electrons. The first-order chi connectivity index (χ1) is 6.65. The van der Waals surface area contributed by atoms with Crippen LogP contribution in [0.5, 0.6) is 5.75 Å². The van der Waals surface area contributed by atoms with E-state index in [-0.39, 0.29) is 23.6 Å². The van der Waals surface area contributed by atoms with Crippen molar-refractivity contribution in [2.75, 3.05) is 12.3 Å². The minimum absolute atomic E-state index is 0.0708. The van der Waals surface area contributed by atoms with Gasteiger partial charge >= 0.3 is 5.97 Å². The van der Waals surface area contributed by atoms with Crippen LogP contribution in [0.3, 0.4) is 0 Å². The van der Waals surface area contributed by atoms with Gasteiger partial charge in [0.15, 0.2) is 6.61 Å². The van der Waals surface area contributed by atoms with Crippen LogP contribution in [-0.4, -0.2) is 17.7 Å². The lowest BCUT2D eigenvalue weighted by Crippen LogP contribution is -2.05. The molecule has 0 unspecified atom stereocenters. The zero-order chi connectivity index (χ0) is 10.6. The van der Waals surface area contributed by atoms with Crippen molar-refractivity contribution in [1.82, 2.24) is 0 Å². The highest BCUT2D eigenvalue weighted by Gasteiger charge is 2.08. The number of carbonyl (C=O) groups excluding carboxylic acids is 1. The molecule has 0 spiro atoms. The monoisotopic (exact) mass is 191 g/mol. The van der Waals surface area contributed by atoms with Crippen molar-refractivity contribution in [3.8, 4) is 18.1 Å². The molecule has 4 nitrogen and oxygen atoms in total. The number of ether oxygens (including phenoxy) is 1. The van der Waals surface area contributed by atoms with E-state index < -0.39 is 5.97 Å². The van der Waals surface area contributed by atoms with Crippen LogP contribution in [0.15, 0.2) is 18.2 Å². The highest BCUT2D eigenvalue weighted by molar-refractivity contribution is 5.91. The lowest BCUT2D eigenvalue weighted by molar-refractivity contribution is 0.0557. The lowest BCUT2D eigenvalue weighted by Gasteiger charge is -2.03. The summed E-state index contributed by atoms with van der Waals surface area (Å²) >= 11 is 0. The molecule has 0 fully saturated rings. The number of aromatic hydroxyl groups is 1. The first-order valence-corrected chi connectivity index (χ1v) is 3.84. The molecule has 0 aromatic heterocycles. The Morgan fingerprint density at radius 3 is 2.93 bits per heavy atom. The predicted octanol–water partition coefficient (Wildman–Crippen LogP) is 0.764. The van der Waals surface area contributed by atoms with E-state index in [0.29, 0.717) is 0 Å². The molecule has 14 heavy (non-hydrogen) atoms. The maximum absolute atomic E-state index is 11.2. The van der Waals surface area contributed by atoms with E-state index >= 15 is 0 Å². The Bertz CT molecular complexity index is 393. The number of terminal acetylenes is 1. The van der Waals surface area contributed by atoms with Crippen molar-refractivity contribution in [1.29, 1.82) is 0 Å². The van der Waals surface area contributed by atoms with Crippen LogP contribution in [0.1, 0.15) is 10.4 Å². The molecule has 3 N–H and O–H groups in total. The molecular formula is C10H9NO3. The molecule has 0 aliphatic carbocycles. The average molecular weight is 191 g/mol. The maximum Gasteiger partial charge on any atom is 0.339 e. The van der Waals surface area contributed by atoms with Crippen LogP contribution in [0.2, 0.25) is 0 Å². The second-order valence-electron chi connectivity index (χ2n) is 2.55. The van der Waals surface area contributed by atoms with E-state index in [0.717, 1.165) is 0 Å². The van der Waals surface area contributed by atoms with Crippen LogP contribution in [0.4, 0.5) is 5.69 Å². The number of nitrogens with two attached hydrogens (primary N) is 1. The highest BCUT2D eigenvalue weighted by Crippen LogP contribution is 2.20. The van der Waals surface area contributed by atoms with Crippen molar-refractivity contribution in [2.45, 2.75) is 0 Å². The quantitative estimate of drug-likeness (QED) is 0.313. The number of carbonyl (C=O) groups is 1. The zero-order valence-electron chi connectivity index (χ0n) is 7.36. The van der Waals surface area contributed by atoms with E-state index in [2.05, 4.69) is 10.7 Å². The minimum atomic E-state index is -0.561. The molecule has 4 heteroatoms. The van der Waals surface area contributed by atoms with E-state index in [1.54, 1.807) is 0 Å². The van der Waals surface area contributed by atoms with Crippen LogP contribution in [-0.2, 0) is 4.74 Å². The molecular weight excluding hydrogens is 182 g/mol. The van der Waals surface area contributed by atoms with Crippen molar-refractivity contribution < 1.29 is 14.6 Å². The largest absolute Gasteiger partial charge is 0.506 e. The molecule has 1 aromatic carbocycles. The Morgan fingerprint density at radius 1 is 1.64 bits per heavy atom. The zero-order valence-corrected chi connectivity index (χ0v) is 7.36. The molecule has 0 atom stereocenters. The Kier molecular flexibility index (Phi) is 2.97. The number of benzene rings is 1. The molecule has 0 saturated carbocycles. The second kappa shape index (κ2) is 4.19. The maximum atomic E-state index is 11.2. The van der Waals surface area contributed by atoms with Crippen LogP contribution in [0, 0.1) is 12.3 Å². The summed E-state index contributed by atoms with van der Waals surface area (Å²) in [5, 5.41) is 9.09. The van der Waals surface area contributed by atoms with Gasteiger partial charge in [-0.1, -0.05) is 5.92 Å². The van der Waals surface area contributed by atoms with Crippen LogP contribution >= 0.6 is 0 Å². The van der Waals surface area contributed by atoms with Crippen LogP contribution in [0.25, 0.3) is 0 Å². The summed E-state index contributed by atoms with van der Waals surface area (Å²) in [4.78, 5) is 11.2. The van der Waals surface area contributed by atoms with Crippen molar-refractivity contribution in [2.24, 2.45) is 0 Å². The smallest absolute Gasteiger partial charge is 0.339 e. The average Bonchev–Trinajstić information content (AvgIpc) is 2.18. The molecule has 1 aromatic rings. The number of hydrogen-bond donors (Lipinski definition) is 2. The molecule has 0 bridgehead atoms. The summed E-state index contributed by atoms with van der Waals surface area (Å²) in [5.74, 6) is 1.54. The first-order valence-electron chi connectivity index (χ1n) is 3.84. The molecule has 0 heterocycles. The van der Waals surface area contributed by atoms with Crippen molar-refractivity contribution in [3.63, 3.8) is 0 Å². The third kappa shape index (κ3) is 2.17. The van der Waals surface area contributed by atoms with Gasteiger partial charge in [-0.2, -0.15) is 0 Å². The van der Waals surface area contributed by atoms with Crippen molar-refractivity contribution >= 4 is 11.7 Å². The standard InChI is InChI=1S/C10H9NO3/c1-2-5-14-10(13)7-3-4-9(12)8(11)6-7/h1,3-4,6,12H,5,11H2. The summed E-state index contributed by atoms with van der Waals surface area (Å²) in [6, 6.07) is 4.06. The fourth-order valence-corrected chi connectivity index (χ4v) is 0.872. The summed E-state index contributed by atoms with van der Waals surface area (Å²) < 4.78 is 4.66. The van der Waals surface area contributed by atoms with E-state index in [1.165, 1.54) is 18.2 Å². The molecule has 0 saturated heterocycles. The fraction of sp³-hybridized carbons (Fsp3) is 0.100. The van der Waals surface area contributed by atoms with Gasteiger partial charge < -0.3 is 15.6 Å². The third-order valence-corrected chi connectivity index (χ3v) is 1.55. The number of phenols is 1. The summed E-state index contributed by atoms with van der Waals surface area (Å²) in [6.45, 7) is -0.0837. The SMILES string of the molecule is C#CCOC(=O)c1ccc(O)c(N)c1. The van der Waals surface area contributed by atoms with E-state index in [1.807, 2.05) is 0 Å². The van der Waals surface area contributed by atoms with Gasteiger partial charge in [-0.25, -0.2) is 4.79 Å². The minimum Gasteiger partial charge on any atom is -0.506 e. The lowest BCUT2D eigenvalue weighted by atomic mass is 10.2. The molecule has 0 aliphatic rings. The van der Waals surface area contributed by atoms with Crippen LogP contribution < -0.4 is 5.73 Å². The number of rotatable bonds is 2. The van der Waals surface area contributed by atoms with Gasteiger partial charge in [0, 0.05) is 0 Å². The molecule has 0 aliphatic heterocycles. The van der Waals surface area contributed by atoms with E-state index in [4.69, 9.17) is 17.3 Å².